The number of pyridine rings is 1. The van der Waals surface area contributed by atoms with Crippen molar-refractivity contribution in [1.82, 2.24) is 4.98 Å². The summed E-state index contributed by atoms with van der Waals surface area (Å²) in [6.45, 7) is 1.79. The molecule has 0 spiro atoms. The number of phenolic OH excluding ortho intramolecular Hbond substituents is 1. The fourth-order valence-electron chi connectivity index (χ4n) is 2.31. The van der Waals surface area contributed by atoms with E-state index in [1.54, 1.807) is 19.1 Å². The minimum absolute atomic E-state index is 0.167. The van der Waals surface area contributed by atoms with E-state index < -0.39 is 0 Å². The third-order valence-electron chi connectivity index (χ3n) is 3.34. The Morgan fingerprint density at radius 2 is 1.79 bits per heavy atom. The molecule has 3 nitrogen and oxygen atoms in total. The molecule has 1 aromatic heterocycles. The second kappa shape index (κ2) is 4.28. The molecule has 0 saturated heterocycles. The van der Waals surface area contributed by atoms with Gasteiger partial charge < -0.3 is 10.1 Å². The average Bonchev–Trinajstić information content (AvgIpc) is 2.44. The molecule has 3 heteroatoms. The van der Waals surface area contributed by atoms with E-state index >= 15 is 0 Å². The van der Waals surface area contributed by atoms with Crippen molar-refractivity contribution in [3.8, 4) is 16.9 Å². The summed E-state index contributed by atoms with van der Waals surface area (Å²) >= 11 is 0. The highest BCUT2D eigenvalue weighted by Gasteiger charge is 2.09. The van der Waals surface area contributed by atoms with Crippen LogP contribution in [0, 0.1) is 6.92 Å². The number of fused-ring (bicyclic) bond motifs is 1. The molecule has 0 saturated carbocycles. The smallest absolute Gasteiger partial charge is 0.249 e. The summed E-state index contributed by atoms with van der Waals surface area (Å²) in [6, 6.07) is 14.8. The first-order chi connectivity index (χ1) is 9.16. The number of H-pyrrole nitrogens is 1. The number of nitrogens with one attached hydrogen (secondary N) is 1. The second-order valence-corrected chi connectivity index (χ2v) is 4.55. The standard InChI is InChI=1S/C16H13NO2/c1-10-14(18)8-7-12-13(9-15(19)17-16(10)12)11-5-3-2-4-6-11/h2-9,18H,1H3,(H,17,19). The third kappa shape index (κ3) is 1.89. The zero-order valence-corrected chi connectivity index (χ0v) is 10.5. The molecular weight excluding hydrogens is 238 g/mol. The van der Waals surface area contributed by atoms with Crippen LogP contribution in [-0.2, 0) is 0 Å². The quantitative estimate of drug-likeness (QED) is 0.697. The van der Waals surface area contributed by atoms with Crippen molar-refractivity contribution in [3.63, 3.8) is 0 Å². The zero-order chi connectivity index (χ0) is 13.4. The first-order valence-electron chi connectivity index (χ1n) is 6.08. The molecule has 94 valence electrons. The lowest BCUT2D eigenvalue weighted by Crippen LogP contribution is -2.05. The fourth-order valence-corrected chi connectivity index (χ4v) is 2.31. The van der Waals surface area contributed by atoms with Crippen LogP contribution in [0.5, 0.6) is 5.75 Å². The lowest BCUT2D eigenvalue weighted by atomic mass is 9.99. The second-order valence-electron chi connectivity index (χ2n) is 4.55. The van der Waals surface area contributed by atoms with Crippen LogP contribution < -0.4 is 5.56 Å². The molecule has 0 amide bonds. The van der Waals surface area contributed by atoms with Crippen LogP contribution in [0.1, 0.15) is 5.56 Å². The van der Waals surface area contributed by atoms with Gasteiger partial charge in [-0.2, -0.15) is 0 Å². The topological polar surface area (TPSA) is 53.1 Å². The molecular formula is C16H13NO2. The van der Waals surface area contributed by atoms with Gasteiger partial charge in [-0.05, 0) is 30.2 Å². The van der Waals surface area contributed by atoms with Gasteiger partial charge in [0.1, 0.15) is 5.75 Å². The molecule has 0 fully saturated rings. The molecule has 2 N–H and O–H groups in total. The molecule has 0 radical (unpaired) electrons. The lowest BCUT2D eigenvalue weighted by Gasteiger charge is -2.09. The molecule has 19 heavy (non-hydrogen) atoms. The van der Waals surface area contributed by atoms with Gasteiger partial charge in [-0.25, -0.2) is 0 Å². The summed E-state index contributed by atoms with van der Waals surface area (Å²) in [7, 11) is 0. The number of aromatic nitrogens is 1. The van der Waals surface area contributed by atoms with Crippen molar-refractivity contribution < 1.29 is 5.11 Å². The van der Waals surface area contributed by atoms with Gasteiger partial charge >= 0.3 is 0 Å². The molecule has 1 heterocycles. The Morgan fingerprint density at radius 1 is 1.05 bits per heavy atom. The summed E-state index contributed by atoms with van der Waals surface area (Å²) < 4.78 is 0. The SMILES string of the molecule is Cc1c(O)ccc2c(-c3ccccc3)cc(=O)[nH]c12. The molecule has 0 aliphatic rings. The first kappa shape index (κ1) is 11.5. The van der Waals surface area contributed by atoms with Gasteiger partial charge in [-0.15, -0.1) is 0 Å². The van der Waals surface area contributed by atoms with E-state index in [4.69, 9.17) is 0 Å². The summed E-state index contributed by atoms with van der Waals surface area (Å²) in [5.74, 6) is 0.188. The Kier molecular flexibility index (Phi) is 2.60. The van der Waals surface area contributed by atoms with Gasteiger partial charge in [-0.1, -0.05) is 30.3 Å². The molecule has 0 bridgehead atoms. The first-order valence-corrected chi connectivity index (χ1v) is 6.08. The predicted molar refractivity (Wildman–Crippen MR) is 76.4 cm³/mol. The monoisotopic (exact) mass is 251 g/mol. The predicted octanol–water partition coefficient (Wildman–Crippen LogP) is 3.21. The Morgan fingerprint density at radius 3 is 2.53 bits per heavy atom. The molecule has 0 unspecified atom stereocenters. The van der Waals surface area contributed by atoms with Crippen LogP contribution in [0.4, 0.5) is 0 Å². The van der Waals surface area contributed by atoms with Crippen LogP contribution in [0.15, 0.2) is 53.3 Å². The van der Waals surface area contributed by atoms with Crippen LogP contribution in [-0.4, -0.2) is 10.1 Å². The van der Waals surface area contributed by atoms with Gasteiger partial charge in [0.05, 0.1) is 5.52 Å². The average molecular weight is 251 g/mol. The van der Waals surface area contributed by atoms with Crippen molar-refractivity contribution >= 4 is 10.9 Å². The summed E-state index contributed by atoms with van der Waals surface area (Å²) in [4.78, 5) is 14.6. The van der Waals surface area contributed by atoms with E-state index in [1.807, 2.05) is 36.4 Å². The van der Waals surface area contributed by atoms with Gasteiger partial charge in [-0.3, -0.25) is 4.79 Å². The van der Waals surface area contributed by atoms with Crippen LogP contribution in [0.25, 0.3) is 22.0 Å². The fraction of sp³-hybridized carbons (Fsp3) is 0.0625. The molecule has 0 aliphatic heterocycles. The summed E-state index contributed by atoms with van der Waals surface area (Å²) in [5.41, 5.74) is 3.07. The molecule has 3 aromatic rings. The Balaban J connectivity index is 2.44. The number of hydrogen-bond acceptors (Lipinski definition) is 2. The Bertz CT molecular complexity index is 804. The molecule has 0 atom stereocenters. The number of hydrogen-bond donors (Lipinski definition) is 2. The van der Waals surface area contributed by atoms with Gasteiger partial charge in [0.2, 0.25) is 5.56 Å². The van der Waals surface area contributed by atoms with Crippen molar-refractivity contribution in [2.24, 2.45) is 0 Å². The van der Waals surface area contributed by atoms with Gasteiger partial charge in [0, 0.05) is 17.0 Å². The lowest BCUT2D eigenvalue weighted by molar-refractivity contribution is 0.472. The maximum Gasteiger partial charge on any atom is 0.249 e. The number of phenols is 1. The number of aromatic hydroxyl groups is 1. The molecule has 3 rings (SSSR count). The number of rotatable bonds is 1. The van der Waals surface area contributed by atoms with E-state index in [0.29, 0.717) is 11.1 Å². The van der Waals surface area contributed by atoms with E-state index in [0.717, 1.165) is 16.5 Å². The van der Waals surface area contributed by atoms with E-state index in [-0.39, 0.29) is 11.3 Å². The maximum absolute atomic E-state index is 11.8. The van der Waals surface area contributed by atoms with E-state index in [2.05, 4.69) is 4.98 Å². The highest BCUT2D eigenvalue weighted by atomic mass is 16.3. The molecule has 2 aromatic carbocycles. The normalized spacial score (nSPS) is 10.8. The Labute approximate surface area is 110 Å². The molecule has 0 aliphatic carbocycles. The summed E-state index contributed by atoms with van der Waals surface area (Å²) in [6.07, 6.45) is 0. The van der Waals surface area contributed by atoms with E-state index in [1.165, 1.54) is 0 Å². The van der Waals surface area contributed by atoms with Crippen molar-refractivity contribution in [3.05, 3.63) is 64.4 Å². The number of benzene rings is 2. The minimum Gasteiger partial charge on any atom is -0.508 e. The zero-order valence-electron chi connectivity index (χ0n) is 10.5. The third-order valence-corrected chi connectivity index (χ3v) is 3.34. The maximum atomic E-state index is 11.8. The highest BCUT2D eigenvalue weighted by Crippen LogP contribution is 2.30. The van der Waals surface area contributed by atoms with Crippen LogP contribution in [0.2, 0.25) is 0 Å². The number of aryl methyl sites for hydroxylation is 1. The van der Waals surface area contributed by atoms with Crippen molar-refractivity contribution in [2.75, 3.05) is 0 Å². The minimum atomic E-state index is -0.167. The Hall–Kier alpha value is -2.55. The largest absolute Gasteiger partial charge is 0.508 e. The van der Waals surface area contributed by atoms with Crippen molar-refractivity contribution in [1.29, 1.82) is 0 Å². The van der Waals surface area contributed by atoms with Gasteiger partial charge in [0.15, 0.2) is 0 Å². The number of aromatic amines is 1. The van der Waals surface area contributed by atoms with E-state index in [9.17, 15) is 9.90 Å². The van der Waals surface area contributed by atoms with Crippen LogP contribution >= 0.6 is 0 Å². The summed E-state index contributed by atoms with van der Waals surface area (Å²) in [5, 5.41) is 10.7. The highest BCUT2D eigenvalue weighted by molar-refractivity contribution is 5.96. The van der Waals surface area contributed by atoms with Gasteiger partial charge in [0.25, 0.3) is 0 Å². The van der Waals surface area contributed by atoms with Crippen LogP contribution in [0.3, 0.4) is 0 Å². The van der Waals surface area contributed by atoms with Crippen molar-refractivity contribution in [2.45, 2.75) is 6.92 Å².